The Kier molecular flexibility index (Phi) is 7.90. The van der Waals surface area contributed by atoms with Crippen LogP contribution in [-0.2, 0) is 23.6 Å². The highest BCUT2D eigenvalue weighted by molar-refractivity contribution is 6.62. The molecule has 0 bridgehead atoms. The Morgan fingerprint density at radius 3 is 2.41 bits per heavy atom. The zero-order valence-electron chi connectivity index (χ0n) is 23.8. The van der Waals surface area contributed by atoms with E-state index in [9.17, 15) is 9.59 Å². The topological polar surface area (TPSA) is 106 Å². The van der Waals surface area contributed by atoms with Crippen LogP contribution >= 0.6 is 0 Å². The number of nitrogens with zero attached hydrogens (tertiary/aromatic N) is 2. The molecule has 2 atom stereocenters. The third-order valence-corrected chi connectivity index (χ3v) is 8.84. The van der Waals surface area contributed by atoms with Crippen LogP contribution in [0, 0.1) is 5.92 Å². The van der Waals surface area contributed by atoms with Gasteiger partial charge in [0.2, 0.25) is 11.8 Å². The minimum absolute atomic E-state index is 0.00545. The number of likely N-dealkylation sites (tertiary alicyclic amines) is 1. The summed E-state index contributed by atoms with van der Waals surface area (Å²) in [6, 6.07) is 7.44. The van der Waals surface area contributed by atoms with E-state index in [1.54, 1.807) is 0 Å². The number of carbonyl (C=O) groups is 2. The molecule has 5 rings (SSSR count). The Morgan fingerprint density at radius 1 is 1.10 bits per heavy atom. The molecule has 3 fully saturated rings. The predicted molar refractivity (Wildman–Crippen MR) is 149 cm³/mol. The summed E-state index contributed by atoms with van der Waals surface area (Å²) in [6.07, 6.45) is 5.51. The van der Waals surface area contributed by atoms with Crippen LogP contribution in [0.5, 0.6) is 0 Å². The molecular weight excluding hydrogens is 495 g/mol. The first-order chi connectivity index (χ1) is 18.6. The maximum atomic E-state index is 13.8. The normalized spacial score (nSPS) is 23.7. The number of hydrogen-bond acceptors (Lipinski definition) is 6. The minimum atomic E-state index is -0.521. The highest BCUT2D eigenvalue weighted by Crippen LogP contribution is 2.37. The fraction of sp³-hybridized carbons (Fsp3) is 0.621. The molecule has 1 aromatic heterocycles. The molecule has 0 saturated carbocycles. The third kappa shape index (κ3) is 5.65. The Hall–Kier alpha value is -2.69. The maximum absolute atomic E-state index is 13.8. The van der Waals surface area contributed by atoms with Gasteiger partial charge in [-0.3, -0.25) is 9.59 Å². The predicted octanol–water partition coefficient (Wildman–Crippen LogP) is 3.36. The van der Waals surface area contributed by atoms with Gasteiger partial charge in [0.1, 0.15) is 11.9 Å². The largest absolute Gasteiger partial charge is 0.494 e. The smallest absolute Gasteiger partial charge is 0.399 e. The number of rotatable bonds is 7. The van der Waals surface area contributed by atoms with Crippen molar-refractivity contribution in [2.75, 3.05) is 19.8 Å². The highest BCUT2D eigenvalue weighted by atomic mass is 16.7. The molecule has 9 nitrogen and oxygen atoms in total. The summed E-state index contributed by atoms with van der Waals surface area (Å²) in [7, 11) is -0.411. The summed E-state index contributed by atoms with van der Waals surface area (Å²) in [4.78, 5) is 36.2. The van der Waals surface area contributed by atoms with Crippen LogP contribution in [0.2, 0.25) is 0 Å². The van der Waals surface area contributed by atoms with Crippen molar-refractivity contribution in [2.24, 2.45) is 5.92 Å². The molecule has 3 aliphatic heterocycles. The zero-order valence-corrected chi connectivity index (χ0v) is 23.8. The number of aromatic amines is 1. The Labute approximate surface area is 231 Å². The molecule has 0 aliphatic carbocycles. The van der Waals surface area contributed by atoms with Gasteiger partial charge in [0.05, 0.1) is 29.1 Å². The number of ether oxygens (including phenoxy) is 1. The number of aromatic nitrogens is 2. The summed E-state index contributed by atoms with van der Waals surface area (Å²) in [5.41, 5.74) is 2.05. The first kappa shape index (κ1) is 27.9. The van der Waals surface area contributed by atoms with Gasteiger partial charge in [-0.15, -0.1) is 0 Å². The summed E-state index contributed by atoms with van der Waals surface area (Å²) in [5.74, 6) is 0.741. The van der Waals surface area contributed by atoms with Gasteiger partial charge < -0.3 is 29.2 Å². The SMILES string of the molecule is CCC(=O)NC(C(=O)N1CCC[C@H]1c1cnc(-c2ccc(B3OC(C)(C)C(C)(C)O3)cc2)[nH]1)C1CCOCC1. The second-order valence-corrected chi connectivity index (χ2v) is 11.9. The van der Waals surface area contributed by atoms with Crippen molar-refractivity contribution < 1.29 is 23.6 Å². The average Bonchev–Trinajstić information content (AvgIpc) is 3.65. The van der Waals surface area contributed by atoms with Gasteiger partial charge >= 0.3 is 7.12 Å². The zero-order chi connectivity index (χ0) is 27.8. The summed E-state index contributed by atoms with van der Waals surface area (Å²) >= 11 is 0. The van der Waals surface area contributed by atoms with E-state index in [1.165, 1.54) is 0 Å². The van der Waals surface area contributed by atoms with E-state index in [2.05, 4.69) is 15.3 Å². The number of H-pyrrole nitrogens is 1. The van der Waals surface area contributed by atoms with Crippen molar-refractivity contribution in [1.29, 1.82) is 0 Å². The fourth-order valence-electron chi connectivity index (χ4n) is 5.67. The Bertz CT molecular complexity index is 1160. The first-order valence-corrected chi connectivity index (χ1v) is 14.3. The summed E-state index contributed by atoms with van der Waals surface area (Å²) in [5, 5.41) is 3.02. The molecule has 1 unspecified atom stereocenters. The van der Waals surface area contributed by atoms with Gasteiger partial charge in [-0.05, 0) is 64.8 Å². The summed E-state index contributed by atoms with van der Waals surface area (Å²) < 4.78 is 17.9. The molecule has 210 valence electrons. The second kappa shape index (κ2) is 11.1. The monoisotopic (exact) mass is 536 g/mol. The molecule has 3 aliphatic rings. The van der Waals surface area contributed by atoms with E-state index in [1.807, 2.05) is 70.0 Å². The average molecular weight is 536 g/mol. The van der Waals surface area contributed by atoms with Crippen molar-refractivity contribution in [3.63, 3.8) is 0 Å². The maximum Gasteiger partial charge on any atom is 0.494 e. The molecule has 0 radical (unpaired) electrons. The molecule has 10 heteroatoms. The molecule has 4 heterocycles. The van der Waals surface area contributed by atoms with Gasteiger partial charge in [-0.25, -0.2) is 4.98 Å². The number of benzene rings is 1. The van der Waals surface area contributed by atoms with E-state index in [-0.39, 0.29) is 35.0 Å². The Balaban J connectivity index is 1.30. The van der Waals surface area contributed by atoms with Crippen molar-refractivity contribution >= 4 is 24.4 Å². The van der Waals surface area contributed by atoms with Gasteiger partial charge in [-0.1, -0.05) is 31.2 Å². The van der Waals surface area contributed by atoms with Crippen LogP contribution in [0.1, 0.15) is 78.5 Å². The third-order valence-electron chi connectivity index (χ3n) is 8.84. The van der Waals surface area contributed by atoms with E-state index in [0.29, 0.717) is 26.2 Å². The first-order valence-electron chi connectivity index (χ1n) is 14.3. The van der Waals surface area contributed by atoms with E-state index in [0.717, 1.165) is 48.2 Å². The van der Waals surface area contributed by atoms with Gasteiger partial charge in [-0.2, -0.15) is 0 Å². The fourth-order valence-corrected chi connectivity index (χ4v) is 5.67. The number of amides is 2. The van der Waals surface area contributed by atoms with Crippen LogP contribution in [0.15, 0.2) is 30.5 Å². The number of carbonyl (C=O) groups excluding carboxylic acids is 2. The van der Waals surface area contributed by atoms with Crippen LogP contribution in [0.4, 0.5) is 0 Å². The number of nitrogens with one attached hydrogen (secondary N) is 2. The second-order valence-electron chi connectivity index (χ2n) is 11.9. The molecule has 39 heavy (non-hydrogen) atoms. The van der Waals surface area contributed by atoms with Crippen LogP contribution in [0.3, 0.4) is 0 Å². The van der Waals surface area contributed by atoms with E-state index >= 15 is 0 Å². The van der Waals surface area contributed by atoms with Crippen LogP contribution in [-0.4, -0.2) is 70.8 Å². The molecule has 2 aromatic rings. The molecule has 3 saturated heterocycles. The molecule has 0 spiro atoms. The van der Waals surface area contributed by atoms with E-state index < -0.39 is 13.2 Å². The molecule has 2 N–H and O–H groups in total. The lowest BCUT2D eigenvalue weighted by Crippen LogP contribution is -2.53. The summed E-state index contributed by atoms with van der Waals surface area (Å²) in [6.45, 7) is 11.9. The van der Waals surface area contributed by atoms with Crippen molar-refractivity contribution in [1.82, 2.24) is 20.2 Å². The molecule has 2 amide bonds. The van der Waals surface area contributed by atoms with Gasteiger partial charge in [0, 0.05) is 31.7 Å². The van der Waals surface area contributed by atoms with Crippen LogP contribution in [0.25, 0.3) is 11.4 Å². The Morgan fingerprint density at radius 2 is 1.77 bits per heavy atom. The van der Waals surface area contributed by atoms with Gasteiger partial charge in [0.15, 0.2) is 0 Å². The van der Waals surface area contributed by atoms with Crippen molar-refractivity contribution in [3.8, 4) is 11.4 Å². The van der Waals surface area contributed by atoms with Crippen molar-refractivity contribution in [3.05, 3.63) is 36.2 Å². The standard InChI is InChI=1S/C29H41BN4O5/c1-6-24(35)33-25(19-13-16-37-17-14-19)27(36)34-15-7-8-23(34)22-18-31-26(32-22)20-9-11-21(12-10-20)30-38-28(2,3)29(4,5)39-30/h9-12,18-19,23,25H,6-8,13-17H2,1-5H3,(H,31,32)(H,33,35)/t23-,25?/m0/s1. The molecule has 1 aromatic carbocycles. The van der Waals surface area contributed by atoms with Gasteiger partial charge in [0.25, 0.3) is 0 Å². The highest BCUT2D eigenvalue weighted by Gasteiger charge is 2.51. The van der Waals surface area contributed by atoms with E-state index in [4.69, 9.17) is 14.0 Å². The lowest BCUT2D eigenvalue weighted by atomic mass is 9.79. The lowest BCUT2D eigenvalue weighted by molar-refractivity contribution is -0.140. The molecular formula is C29H41BN4O5. The van der Waals surface area contributed by atoms with Crippen molar-refractivity contribution in [2.45, 2.75) is 90.0 Å². The lowest BCUT2D eigenvalue weighted by Gasteiger charge is -2.34. The number of hydrogen-bond donors (Lipinski definition) is 2. The number of imidazole rings is 1. The quantitative estimate of drug-likeness (QED) is 0.526. The minimum Gasteiger partial charge on any atom is -0.399 e. The van der Waals surface area contributed by atoms with Crippen LogP contribution < -0.4 is 10.8 Å².